The van der Waals surface area contributed by atoms with Crippen molar-refractivity contribution in [2.45, 2.75) is 69.0 Å². The van der Waals surface area contributed by atoms with Crippen LogP contribution in [0.3, 0.4) is 0 Å². The van der Waals surface area contributed by atoms with Crippen molar-refractivity contribution in [3.05, 3.63) is 64.1 Å². The standard InChI is InChI=1S/C25H30Cl2N2O2S/c1-2-23(25(31)28-20-9-4-3-5-10-20)29(16-18-8-6-7-11-22(18)27)24(30)17-32-21-14-12-19(26)13-15-21/h6-8,11-15,20,23H,2-5,9-10,16-17H2,1H3,(H,28,31). The van der Waals surface area contributed by atoms with E-state index in [1.54, 1.807) is 4.90 Å². The fraction of sp³-hybridized carbons (Fsp3) is 0.440. The summed E-state index contributed by atoms with van der Waals surface area (Å²) in [5, 5.41) is 4.45. The van der Waals surface area contributed by atoms with Crippen LogP contribution >= 0.6 is 35.0 Å². The lowest BCUT2D eigenvalue weighted by atomic mass is 9.95. The molecule has 7 heteroatoms. The Bertz CT molecular complexity index is 901. The summed E-state index contributed by atoms with van der Waals surface area (Å²) < 4.78 is 0. The van der Waals surface area contributed by atoms with Gasteiger partial charge < -0.3 is 10.2 Å². The van der Waals surface area contributed by atoms with Gasteiger partial charge in [0.2, 0.25) is 11.8 Å². The van der Waals surface area contributed by atoms with Crippen molar-refractivity contribution >= 4 is 46.8 Å². The van der Waals surface area contributed by atoms with Gasteiger partial charge in [0.05, 0.1) is 5.75 Å². The van der Waals surface area contributed by atoms with E-state index < -0.39 is 6.04 Å². The van der Waals surface area contributed by atoms with Crippen LogP contribution in [0.2, 0.25) is 10.0 Å². The van der Waals surface area contributed by atoms with E-state index in [-0.39, 0.29) is 23.6 Å². The van der Waals surface area contributed by atoms with Crippen LogP contribution in [0.15, 0.2) is 53.4 Å². The van der Waals surface area contributed by atoms with E-state index in [1.807, 2.05) is 55.5 Å². The molecule has 172 valence electrons. The van der Waals surface area contributed by atoms with Crippen LogP contribution in [0.4, 0.5) is 0 Å². The Kier molecular flexibility index (Phi) is 9.76. The van der Waals surface area contributed by atoms with Crippen molar-refractivity contribution < 1.29 is 9.59 Å². The Morgan fingerprint density at radius 3 is 2.41 bits per heavy atom. The summed E-state index contributed by atoms with van der Waals surface area (Å²) in [4.78, 5) is 29.2. The molecule has 0 heterocycles. The fourth-order valence-electron chi connectivity index (χ4n) is 4.03. The molecule has 1 unspecified atom stereocenters. The van der Waals surface area contributed by atoms with Crippen molar-refractivity contribution in [3.8, 4) is 0 Å². The summed E-state index contributed by atoms with van der Waals surface area (Å²) in [6, 6.07) is 14.5. The monoisotopic (exact) mass is 492 g/mol. The fourth-order valence-corrected chi connectivity index (χ4v) is 5.14. The topological polar surface area (TPSA) is 49.4 Å². The molecule has 0 saturated heterocycles. The largest absolute Gasteiger partial charge is 0.352 e. The van der Waals surface area contributed by atoms with Gasteiger partial charge in [-0.2, -0.15) is 0 Å². The summed E-state index contributed by atoms with van der Waals surface area (Å²) >= 11 is 13.8. The smallest absolute Gasteiger partial charge is 0.243 e. The van der Waals surface area contributed by atoms with Crippen LogP contribution in [0.25, 0.3) is 0 Å². The van der Waals surface area contributed by atoms with Gasteiger partial charge in [-0.3, -0.25) is 9.59 Å². The molecule has 0 bridgehead atoms. The number of carbonyl (C=O) groups excluding carboxylic acids is 2. The molecule has 1 saturated carbocycles. The number of hydrogen-bond acceptors (Lipinski definition) is 3. The van der Waals surface area contributed by atoms with E-state index in [0.29, 0.717) is 23.0 Å². The van der Waals surface area contributed by atoms with Crippen LogP contribution in [0.1, 0.15) is 51.0 Å². The van der Waals surface area contributed by atoms with Gasteiger partial charge >= 0.3 is 0 Å². The zero-order chi connectivity index (χ0) is 22.9. The van der Waals surface area contributed by atoms with E-state index >= 15 is 0 Å². The van der Waals surface area contributed by atoms with Crippen molar-refractivity contribution in [3.63, 3.8) is 0 Å². The second-order valence-electron chi connectivity index (χ2n) is 8.12. The molecule has 1 fully saturated rings. The minimum atomic E-state index is -0.536. The first-order chi connectivity index (χ1) is 15.5. The number of halogens is 2. The van der Waals surface area contributed by atoms with Gasteiger partial charge in [-0.25, -0.2) is 0 Å². The number of amides is 2. The molecule has 0 aliphatic heterocycles. The Morgan fingerprint density at radius 2 is 1.75 bits per heavy atom. The van der Waals surface area contributed by atoms with Crippen molar-refractivity contribution in [1.82, 2.24) is 10.2 Å². The van der Waals surface area contributed by atoms with E-state index in [4.69, 9.17) is 23.2 Å². The molecule has 1 atom stereocenters. The summed E-state index contributed by atoms with van der Waals surface area (Å²) in [6.45, 7) is 2.25. The zero-order valence-electron chi connectivity index (χ0n) is 18.4. The number of hydrogen-bond donors (Lipinski definition) is 1. The minimum absolute atomic E-state index is 0.0729. The van der Waals surface area contributed by atoms with E-state index in [2.05, 4.69) is 5.32 Å². The lowest BCUT2D eigenvalue weighted by Crippen LogP contribution is -2.52. The van der Waals surface area contributed by atoms with Crippen molar-refractivity contribution in [2.24, 2.45) is 0 Å². The average Bonchev–Trinajstić information content (AvgIpc) is 2.80. The Balaban J connectivity index is 1.75. The van der Waals surface area contributed by atoms with Gasteiger partial charge in [0.1, 0.15) is 6.04 Å². The van der Waals surface area contributed by atoms with Crippen LogP contribution in [0.5, 0.6) is 0 Å². The van der Waals surface area contributed by atoms with Crippen LogP contribution in [0, 0.1) is 0 Å². The normalized spacial score (nSPS) is 15.2. The number of carbonyl (C=O) groups is 2. The molecular weight excluding hydrogens is 463 g/mol. The molecule has 0 radical (unpaired) electrons. The Labute approximate surface area is 205 Å². The van der Waals surface area contributed by atoms with Crippen LogP contribution in [-0.4, -0.2) is 34.6 Å². The highest BCUT2D eigenvalue weighted by molar-refractivity contribution is 8.00. The highest BCUT2D eigenvalue weighted by Gasteiger charge is 2.30. The number of nitrogens with one attached hydrogen (secondary N) is 1. The summed E-state index contributed by atoms with van der Waals surface area (Å²) in [6.07, 6.45) is 6.06. The summed E-state index contributed by atoms with van der Waals surface area (Å²) in [5.74, 6) is 0.0750. The van der Waals surface area contributed by atoms with Gasteiger partial charge in [0, 0.05) is 27.5 Å². The van der Waals surface area contributed by atoms with Crippen molar-refractivity contribution in [2.75, 3.05) is 5.75 Å². The maximum atomic E-state index is 13.4. The number of thioether (sulfide) groups is 1. The highest BCUT2D eigenvalue weighted by atomic mass is 35.5. The molecule has 1 aliphatic carbocycles. The zero-order valence-corrected chi connectivity index (χ0v) is 20.7. The Morgan fingerprint density at radius 1 is 1.06 bits per heavy atom. The van der Waals surface area contributed by atoms with Gasteiger partial charge in [0.25, 0.3) is 0 Å². The summed E-state index contributed by atoms with van der Waals surface area (Å²) in [7, 11) is 0. The third-order valence-corrected chi connectivity index (χ3v) is 7.43. The van der Waals surface area contributed by atoms with Crippen LogP contribution in [-0.2, 0) is 16.1 Å². The molecule has 32 heavy (non-hydrogen) atoms. The molecule has 2 aromatic rings. The van der Waals surface area contributed by atoms with Gasteiger partial charge in [0.15, 0.2) is 0 Å². The van der Waals surface area contributed by atoms with Crippen molar-refractivity contribution in [1.29, 1.82) is 0 Å². The van der Waals surface area contributed by atoms with E-state index in [0.717, 1.165) is 36.1 Å². The molecule has 3 rings (SSSR count). The molecular formula is C25H30Cl2N2O2S. The minimum Gasteiger partial charge on any atom is -0.352 e. The molecule has 4 nitrogen and oxygen atoms in total. The molecule has 2 aromatic carbocycles. The second-order valence-corrected chi connectivity index (χ2v) is 10.0. The number of nitrogens with zero attached hydrogens (tertiary/aromatic N) is 1. The average molecular weight is 494 g/mol. The van der Waals surface area contributed by atoms with Crippen LogP contribution < -0.4 is 5.32 Å². The highest BCUT2D eigenvalue weighted by Crippen LogP contribution is 2.24. The maximum absolute atomic E-state index is 13.4. The first kappa shape index (κ1) is 24.9. The summed E-state index contributed by atoms with van der Waals surface area (Å²) in [5.41, 5.74) is 0.836. The molecule has 0 spiro atoms. The number of benzene rings is 2. The third kappa shape index (κ3) is 7.16. The first-order valence-corrected chi connectivity index (χ1v) is 12.9. The third-order valence-electron chi connectivity index (χ3n) is 5.81. The number of rotatable bonds is 9. The maximum Gasteiger partial charge on any atom is 0.243 e. The van der Waals surface area contributed by atoms with E-state index in [1.165, 1.54) is 18.2 Å². The molecule has 1 N–H and O–H groups in total. The predicted molar refractivity (Wildman–Crippen MR) is 133 cm³/mol. The lowest BCUT2D eigenvalue weighted by molar-refractivity contribution is -0.139. The lowest BCUT2D eigenvalue weighted by Gasteiger charge is -2.33. The Hall–Kier alpha value is -1.69. The van der Waals surface area contributed by atoms with Gasteiger partial charge in [-0.1, -0.05) is 67.6 Å². The molecule has 0 aromatic heterocycles. The molecule has 1 aliphatic rings. The van der Waals surface area contributed by atoms with Gasteiger partial charge in [-0.05, 0) is 55.2 Å². The second kappa shape index (κ2) is 12.5. The van der Waals surface area contributed by atoms with Gasteiger partial charge in [-0.15, -0.1) is 11.8 Å². The van der Waals surface area contributed by atoms with E-state index in [9.17, 15) is 9.59 Å². The SMILES string of the molecule is CCC(C(=O)NC1CCCCC1)N(Cc1ccccc1Cl)C(=O)CSc1ccc(Cl)cc1. The first-order valence-electron chi connectivity index (χ1n) is 11.2. The molecule has 2 amide bonds. The predicted octanol–water partition coefficient (Wildman–Crippen LogP) is 6.34. The quantitative estimate of drug-likeness (QED) is 0.415.